The van der Waals surface area contributed by atoms with Crippen LogP contribution in [0.2, 0.25) is 0 Å². The number of aromatic nitrogens is 2. The highest BCUT2D eigenvalue weighted by atomic mass is 79.9. The predicted octanol–water partition coefficient (Wildman–Crippen LogP) is 1.61. The maximum atomic E-state index is 11.5. The minimum absolute atomic E-state index is 0.0690. The topological polar surface area (TPSA) is 78.9 Å². The molecule has 6 nitrogen and oxygen atoms in total. The molecule has 0 saturated carbocycles. The first-order valence-electron chi connectivity index (χ1n) is 5.82. The molecule has 0 unspecified atom stereocenters. The van der Waals surface area contributed by atoms with Gasteiger partial charge in [0.25, 0.3) is 0 Å². The number of amides is 1. The van der Waals surface area contributed by atoms with Crippen LogP contribution in [0.15, 0.2) is 10.8 Å². The fourth-order valence-corrected chi connectivity index (χ4v) is 1.81. The van der Waals surface area contributed by atoms with Crippen molar-refractivity contribution in [3.05, 3.63) is 10.8 Å². The van der Waals surface area contributed by atoms with E-state index in [4.69, 9.17) is 0 Å². The van der Waals surface area contributed by atoms with Gasteiger partial charge in [-0.25, -0.2) is 9.97 Å². The predicted molar refractivity (Wildman–Crippen MR) is 75.7 cm³/mol. The van der Waals surface area contributed by atoms with Gasteiger partial charge in [0.1, 0.15) is 22.4 Å². The zero-order chi connectivity index (χ0) is 13.5. The molecule has 0 aliphatic rings. The molecule has 0 atom stereocenters. The molecule has 0 aliphatic carbocycles. The normalized spacial score (nSPS) is 10.3. The van der Waals surface area contributed by atoms with Crippen LogP contribution in [0.25, 0.3) is 0 Å². The summed E-state index contributed by atoms with van der Waals surface area (Å²) in [5.74, 6) is 1.24. The number of carbonyl (C=O) groups excluding carboxylic acids is 1. The van der Waals surface area contributed by atoms with Gasteiger partial charge in [0.2, 0.25) is 5.91 Å². The molecule has 0 saturated heterocycles. The number of hydrogen-bond donors (Lipinski definition) is 3. The monoisotopic (exact) mass is 315 g/mol. The molecule has 18 heavy (non-hydrogen) atoms. The fraction of sp³-hybridized carbons (Fsp3) is 0.545. The summed E-state index contributed by atoms with van der Waals surface area (Å²) in [5.41, 5.74) is 0. The first-order chi connectivity index (χ1) is 8.54. The van der Waals surface area contributed by atoms with E-state index in [9.17, 15) is 4.79 Å². The van der Waals surface area contributed by atoms with Crippen LogP contribution < -0.4 is 16.0 Å². The van der Waals surface area contributed by atoms with E-state index in [1.807, 2.05) is 20.8 Å². The van der Waals surface area contributed by atoms with Crippen LogP contribution in [0.3, 0.4) is 0 Å². The fourth-order valence-electron chi connectivity index (χ4n) is 1.32. The zero-order valence-electron chi connectivity index (χ0n) is 10.7. The maximum absolute atomic E-state index is 11.5. The second kappa shape index (κ2) is 7.15. The number of carbonyl (C=O) groups is 1. The molecular weight excluding hydrogens is 298 g/mol. The van der Waals surface area contributed by atoms with Crippen LogP contribution >= 0.6 is 15.9 Å². The summed E-state index contributed by atoms with van der Waals surface area (Å²) in [6, 6.07) is 0.130. The maximum Gasteiger partial charge on any atom is 0.239 e. The molecule has 7 heteroatoms. The highest BCUT2D eigenvalue weighted by molar-refractivity contribution is 9.10. The molecule has 0 spiro atoms. The van der Waals surface area contributed by atoms with E-state index in [1.54, 1.807) is 0 Å². The number of nitrogens with one attached hydrogen (secondary N) is 3. The van der Waals surface area contributed by atoms with Gasteiger partial charge in [0.15, 0.2) is 0 Å². The molecule has 0 fully saturated rings. The lowest BCUT2D eigenvalue weighted by molar-refractivity contribution is -0.119. The molecule has 1 aromatic rings. The number of rotatable bonds is 6. The van der Waals surface area contributed by atoms with Gasteiger partial charge in [-0.2, -0.15) is 0 Å². The van der Waals surface area contributed by atoms with Crippen LogP contribution in [-0.4, -0.2) is 35.0 Å². The Kier molecular flexibility index (Phi) is 5.84. The summed E-state index contributed by atoms with van der Waals surface area (Å²) in [4.78, 5) is 19.7. The average Bonchev–Trinajstić information content (AvgIpc) is 2.29. The molecular formula is C11H18BrN5O. The summed E-state index contributed by atoms with van der Waals surface area (Å²) in [5, 5.41) is 8.86. The van der Waals surface area contributed by atoms with Crippen LogP contribution in [0, 0.1) is 0 Å². The van der Waals surface area contributed by atoms with Crippen molar-refractivity contribution in [1.29, 1.82) is 0 Å². The lowest BCUT2D eigenvalue weighted by Crippen LogP contribution is -2.35. The molecule has 100 valence electrons. The zero-order valence-corrected chi connectivity index (χ0v) is 12.3. The molecule has 1 heterocycles. The highest BCUT2D eigenvalue weighted by Gasteiger charge is 2.09. The molecule has 0 radical (unpaired) electrons. The van der Waals surface area contributed by atoms with Gasteiger partial charge < -0.3 is 16.0 Å². The van der Waals surface area contributed by atoms with E-state index in [-0.39, 0.29) is 18.5 Å². The Morgan fingerprint density at radius 2 is 1.94 bits per heavy atom. The van der Waals surface area contributed by atoms with E-state index in [0.29, 0.717) is 11.6 Å². The van der Waals surface area contributed by atoms with Gasteiger partial charge in [-0.05, 0) is 36.7 Å². The van der Waals surface area contributed by atoms with Crippen LogP contribution in [-0.2, 0) is 4.79 Å². The van der Waals surface area contributed by atoms with Crippen LogP contribution in [0.5, 0.6) is 0 Å². The highest BCUT2D eigenvalue weighted by Crippen LogP contribution is 2.25. The second-order valence-electron chi connectivity index (χ2n) is 3.99. The largest absolute Gasteiger partial charge is 0.369 e. The smallest absolute Gasteiger partial charge is 0.239 e. The van der Waals surface area contributed by atoms with Crippen molar-refractivity contribution < 1.29 is 4.79 Å². The van der Waals surface area contributed by atoms with Crippen molar-refractivity contribution in [3.8, 4) is 0 Å². The molecule has 3 N–H and O–H groups in total. The Morgan fingerprint density at radius 3 is 2.50 bits per heavy atom. The van der Waals surface area contributed by atoms with E-state index >= 15 is 0 Å². The summed E-state index contributed by atoms with van der Waals surface area (Å²) < 4.78 is 0.726. The minimum atomic E-state index is -0.0690. The van der Waals surface area contributed by atoms with Crippen molar-refractivity contribution >= 4 is 33.5 Å². The molecule has 0 bridgehead atoms. The van der Waals surface area contributed by atoms with E-state index < -0.39 is 0 Å². The Balaban J connectivity index is 2.62. The molecule has 1 rings (SSSR count). The Labute approximate surface area is 115 Å². The van der Waals surface area contributed by atoms with Crippen LogP contribution in [0.1, 0.15) is 20.8 Å². The second-order valence-corrected chi connectivity index (χ2v) is 4.78. The first kappa shape index (κ1) is 14.7. The molecule has 0 aliphatic heterocycles. The number of nitrogens with zero attached hydrogens (tertiary/aromatic N) is 2. The lowest BCUT2D eigenvalue weighted by atomic mass is 10.4. The van der Waals surface area contributed by atoms with Gasteiger partial charge in [-0.15, -0.1) is 0 Å². The Morgan fingerprint density at radius 1 is 1.33 bits per heavy atom. The van der Waals surface area contributed by atoms with Gasteiger partial charge in [-0.1, -0.05) is 0 Å². The Bertz CT molecular complexity index is 410. The van der Waals surface area contributed by atoms with Crippen molar-refractivity contribution in [2.75, 3.05) is 23.7 Å². The summed E-state index contributed by atoms with van der Waals surface area (Å²) >= 11 is 3.40. The van der Waals surface area contributed by atoms with Gasteiger partial charge in [0, 0.05) is 12.6 Å². The molecule has 1 aromatic heterocycles. The standard InChI is InChI=1S/C11H18BrN5O/c1-4-13-10-9(12)11(16-6-15-10)14-5-8(18)17-7(2)3/h6-7H,4-5H2,1-3H3,(H,17,18)(H2,13,14,15,16). The molecule has 0 aromatic carbocycles. The SMILES string of the molecule is CCNc1ncnc(NCC(=O)NC(C)C)c1Br. The number of hydrogen-bond acceptors (Lipinski definition) is 5. The Hall–Kier alpha value is -1.37. The molecule has 1 amide bonds. The van der Waals surface area contributed by atoms with Crippen molar-refractivity contribution in [3.63, 3.8) is 0 Å². The van der Waals surface area contributed by atoms with Gasteiger partial charge in [-0.3, -0.25) is 4.79 Å². The summed E-state index contributed by atoms with van der Waals surface area (Å²) in [6.07, 6.45) is 1.45. The van der Waals surface area contributed by atoms with Crippen molar-refractivity contribution in [1.82, 2.24) is 15.3 Å². The van der Waals surface area contributed by atoms with Crippen molar-refractivity contribution in [2.45, 2.75) is 26.8 Å². The number of anilines is 2. The van der Waals surface area contributed by atoms with Crippen molar-refractivity contribution in [2.24, 2.45) is 0 Å². The minimum Gasteiger partial charge on any atom is -0.369 e. The van der Waals surface area contributed by atoms with E-state index in [0.717, 1.165) is 11.0 Å². The third kappa shape index (κ3) is 4.48. The average molecular weight is 316 g/mol. The van der Waals surface area contributed by atoms with Crippen LogP contribution in [0.4, 0.5) is 11.6 Å². The number of halogens is 1. The first-order valence-corrected chi connectivity index (χ1v) is 6.61. The summed E-state index contributed by atoms with van der Waals surface area (Å²) in [7, 11) is 0. The lowest BCUT2D eigenvalue weighted by Gasteiger charge is -2.12. The quantitative estimate of drug-likeness (QED) is 0.743. The third-order valence-electron chi connectivity index (χ3n) is 2.00. The van der Waals surface area contributed by atoms with Gasteiger partial charge >= 0.3 is 0 Å². The summed E-state index contributed by atoms with van der Waals surface area (Å²) in [6.45, 7) is 6.77. The third-order valence-corrected chi connectivity index (χ3v) is 2.75. The van der Waals surface area contributed by atoms with E-state index in [1.165, 1.54) is 6.33 Å². The van der Waals surface area contributed by atoms with Gasteiger partial charge in [0.05, 0.1) is 6.54 Å². The van der Waals surface area contributed by atoms with E-state index in [2.05, 4.69) is 41.8 Å².